The Morgan fingerprint density at radius 1 is 1.28 bits per heavy atom. The largest absolute Gasteiger partial charge is 0.316 e. The molecule has 1 aromatic carbocycles. The summed E-state index contributed by atoms with van der Waals surface area (Å²) in [4.78, 5) is 2.65. The lowest BCUT2D eigenvalue weighted by atomic mass is 9.95. The molecule has 2 heterocycles. The molecule has 0 spiro atoms. The smallest absolute Gasteiger partial charge is 0.0406 e. The molecule has 0 aromatic heterocycles. The van der Waals surface area contributed by atoms with Crippen molar-refractivity contribution in [3.05, 3.63) is 34.9 Å². The van der Waals surface area contributed by atoms with E-state index >= 15 is 0 Å². The summed E-state index contributed by atoms with van der Waals surface area (Å²) in [7, 11) is 0. The van der Waals surface area contributed by atoms with Crippen molar-refractivity contribution in [1.29, 1.82) is 0 Å². The average molecular weight is 265 g/mol. The minimum atomic E-state index is 0.489. The Balaban J connectivity index is 1.77. The van der Waals surface area contributed by atoms with Gasteiger partial charge in [0.2, 0.25) is 0 Å². The van der Waals surface area contributed by atoms with Gasteiger partial charge in [-0.15, -0.1) is 0 Å². The number of benzene rings is 1. The van der Waals surface area contributed by atoms with Gasteiger partial charge in [-0.25, -0.2) is 0 Å². The van der Waals surface area contributed by atoms with Gasteiger partial charge >= 0.3 is 0 Å². The fourth-order valence-electron chi connectivity index (χ4n) is 3.64. The number of halogens is 1. The van der Waals surface area contributed by atoms with E-state index in [-0.39, 0.29) is 0 Å². The van der Waals surface area contributed by atoms with Crippen LogP contribution in [0.4, 0.5) is 0 Å². The lowest BCUT2D eigenvalue weighted by molar-refractivity contribution is 0.182. The molecule has 1 aromatic rings. The second kappa shape index (κ2) is 4.84. The summed E-state index contributed by atoms with van der Waals surface area (Å²) in [6, 6.07) is 9.48. The molecule has 18 heavy (non-hydrogen) atoms. The number of nitrogens with one attached hydrogen (secondary N) is 1. The zero-order chi connectivity index (χ0) is 12.7. The SMILES string of the molecule is CC(c1ccc(Cl)cc1)N1CC2CNCC2C1C. The van der Waals surface area contributed by atoms with E-state index in [9.17, 15) is 0 Å². The van der Waals surface area contributed by atoms with Crippen LogP contribution in [0.5, 0.6) is 0 Å². The predicted octanol–water partition coefficient (Wildman–Crippen LogP) is 2.94. The highest BCUT2D eigenvalue weighted by molar-refractivity contribution is 6.30. The Kier molecular flexibility index (Phi) is 3.35. The molecule has 3 rings (SSSR count). The van der Waals surface area contributed by atoms with Gasteiger partial charge in [0, 0.05) is 23.7 Å². The fraction of sp³-hybridized carbons (Fsp3) is 0.600. The van der Waals surface area contributed by atoms with Gasteiger partial charge in [-0.1, -0.05) is 23.7 Å². The molecular weight excluding hydrogens is 244 g/mol. The van der Waals surface area contributed by atoms with Gasteiger partial charge in [0.15, 0.2) is 0 Å². The molecule has 2 nitrogen and oxygen atoms in total. The molecule has 2 saturated heterocycles. The van der Waals surface area contributed by atoms with Gasteiger partial charge < -0.3 is 5.32 Å². The monoisotopic (exact) mass is 264 g/mol. The molecule has 98 valence electrons. The second-order valence-electron chi connectivity index (χ2n) is 5.75. The summed E-state index contributed by atoms with van der Waals surface area (Å²) >= 11 is 5.96. The average Bonchev–Trinajstić information content (AvgIpc) is 2.93. The molecule has 2 aliphatic rings. The first kappa shape index (κ1) is 12.5. The van der Waals surface area contributed by atoms with Gasteiger partial charge in [-0.2, -0.15) is 0 Å². The van der Waals surface area contributed by atoms with E-state index in [2.05, 4.69) is 36.2 Å². The highest BCUT2D eigenvalue weighted by Crippen LogP contribution is 2.37. The van der Waals surface area contributed by atoms with E-state index in [1.54, 1.807) is 0 Å². The van der Waals surface area contributed by atoms with E-state index in [4.69, 9.17) is 11.6 Å². The van der Waals surface area contributed by atoms with Crippen molar-refractivity contribution in [1.82, 2.24) is 10.2 Å². The van der Waals surface area contributed by atoms with Crippen LogP contribution in [-0.4, -0.2) is 30.6 Å². The topological polar surface area (TPSA) is 15.3 Å². The second-order valence-corrected chi connectivity index (χ2v) is 6.18. The molecule has 2 aliphatic heterocycles. The van der Waals surface area contributed by atoms with Crippen molar-refractivity contribution in [2.75, 3.05) is 19.6 Å². The van der Waals surface area contributed by atoms with Gasteiger partial charge in [0.1, 0.15) is 0 Å². The first-order chi connectivity index (χ1) is 8.66. The van der Waals surface area contributed by atoms with Crippen LogP contribution in [0.1, 0.15) is 25.5 Å². The lowest BCUT2D eigenvalue weighted by Crippen LogP contribution is -2.35. The van der Waals surface area contributed by atoms with Gasteiger partial charge in [-0.3, -0.25) is 4.90 Å². The fourth-order valence-corrected chi connectivity index (χ4v) is 3.77. The number of likely N-dealkylation sites (tertiary alicyclic amines) is 1. The molecule has 4 unspecified atom stereocenters. The maximum absolute atomic E-state index is 5.96. The van der Waals surface area contributed by atoms with Gasteiger partial charge in [0.25, 0.3) is 0 Å². The predicted molar refractivity (Wildman–Crippen MR) is 75.9 cm³/mol. The summed E-state index contributed by atoms with van der Waals surface area (Å²) in [5, 5.41) is 4.34. The number of hydrogen-bond donors (Lipinski definition) is 1. The number of fused-ring (bicyclic) bond motifs is 1. The molecule has 3 heteroatoms. The molecule has 0 aliphatic carbocycles. The van der Waals surface area contributed by atoms with E-state index in [1.165, 1.54) is 25.2 Å². The van der Waals surface area contributed by atoms with Crippen molar-refractivity contribution in [3.63, 3.8) is 0 Å². The first-order valence-corrected chi connectivity index (χ1v) is 7.26. The van der Waals surface area contributed by atoms with Crippen molar-refractivity contribution < 1.29 is 0 Å². The normalized spacial score (nSPS) is 33.6. The summed E-state index contributed by atoms with van der Waals surface area (Å²) < 4.78 is 0. The van der Waals surface area contributed by atoms with Crippen LogP contribution < -0.4 is 5.32 Å². The highest BCUT2D eigenvalue weighted by Gasteiger charge is 2.43. The Labute approximate surface area is 114 Å². The van der Waals surface area contributed by atoms with Crippen LogP contribution in [0.25, 0.3) is 0 Å². The Bertz CT molecular complexity index is 417. The van der Waals surface area contributed by atoms with Crippen LogP contribution in [0.2, 0.25) is 5.02 Å². The minimum absolute atomic E-state index is 0.489. The molecular formula is C15H21ClN2. The lowest BCUT2D eigenvalue weighted by Gasteiger charge is -2.31. The van der Waals surface area contributed by atoms with Crippen LogP contribution >= 0.6 is 11.6 Å². The third-order valence-electron chi connectivity index (χ3n) is 4.83. The number of nitrogens with zero attached hydrogens (tertiary/aromatic N) is 1. The van der Waals surface area contributed by atoms with E-state index in [0.717, 1.165) is 16.9 Å². The van der Waals surface area contributed by atoms with Gasteiger partial charge in [-0.05, 0) is 56.5 Å². The zero-order valence-corrected chi connectivity index (χ0v) is 11.8. The quantitative estimate of drug-likeness (QED) is 0.884. The van der Waals surface area contributed by atoms with Crippen molar-refractivity contribution in [2.24, 2.45) is 11.8 Å². The Morgan fingerprint density at radius 2 is 2.00 bits per heavy atom. The minimum Gasteiger partial charge on any atom is -0.316 e. The number of rotatable bonds is 2. The third kappa shape index (κ3) is 2.07. The van der Waals surface area contributed by atoms with Crippen LogP contribution in [0.15, 0.2) is 24.3 Å². The van der Waals surface area contributed by atoms with Crippen LogP contribution in [0.3, 0.4) is 0 Å². The molecule has 1 N–H and O–H groups in total. The summed E-state index contributed by atoms with van der Waals surface area (Å²) in [6.07, 6.45) is 0. The molecule has 0 radical (unpaired) electrons. The van der Waals surface area contributed by atoms with Crippen molar-refractivity contribution in [2.45, 2.75) is 25.9 Å². The van der Waals surface area contributed by atoms with E-state index < -0.39 is 0 Å². The Hall–Kier alpha value is -0.570. The molecule has 0 saturated carbocycles. The van der Waals surface area contributed by atoms with Gasteiger partial charge in [0.05, 0.1) is 0 Å². The Morgan fingerprint density at radius 3 is 2.67 bits per heavy atom. The summed E-state index contributed by atoms with van der Waals surface area (Å²) in [6.45, 7) is 8.30. The zero-order valence-electron chi connectivity index (χ0n) is 11.1. The molecule has 0 bridgehead atoms. The standard InChI is InChI=1S/C15H21ClN2/c1-10(12-3-5-14(16)6-4-12)18-9-13-7-17-8-15(13)11(18)2/h3-6,10-11,13,15,17H,7-9H2,1-2H3. The molecule has 0 amide bonds. The summed E-state index contributed by atoms with van der Waals surface area (Å²) in [5.41, 5.74) is 1.37. The van der Waals surface area contributed by atoms with E-state index in [0.29, 0.717) is 12.1 Å². The van der Waals surface area contributed by atoms with Crippen molar-refractivity contribution in [3.8, 4) is 0 Å². The first-order valence-electron chi connectivity index (χ1n) is 6.88. The maximum Gasteiger partial charge on any atom is 0.0406 e. The number of hydrogen-bond acceptors (Lipinski definition) is 2. The van der Waals surface area contributed by atoms with Crippen LogP contribution in [0, 0.1) is 11.8 Å². The van der Waals surface area contributed by atoms with Crippen LogP contribution in [-0.2, 0) is 0 Å². The summed E-state index contributed by atoms with van der Waals surface area (Å²) in [5.74, 6) is 1.68. The van der Waals surface area contributed by atoms with E-state index in [1.807, 2.05) is 12.1 Å². The molecule has 2 fully saturated rings. The maximum atomic E-state index is 5.96. The third-order valence-corrected chi connectivity index (χ3v) is 5.08. The highest BCUT2D eigenvalue weighted by atomic mass is 35.5. The van der Waals surface area contributed by atoms with Crippen molar-refractivity contribution >= 4 is 11.6 Å². The molecule has 4 atom stereocenters.